The molecular weight excluding hydrogens is 489 g/mol. The molecule has 4 atom stereocenters. The lowest BCUT2D eigenvalue weighted by molar-refractivity contribution is -0.0432. The summed E-state index contributed by atoms with van der Waals surface area (Å²) in [6.07, 6.45) is 3.97. The first-order chi connectivity index (χ1) is 14.2. The molecule has 0 saturated carbocycles. The maximum absolute atomic E-state index is 6.08. The summed E-state index contributed by atoms with van der Waals surface area (Å²) in [5.41, 5.74) is 1.38. The molecule has 3 aliphatic rings. The maximum Gasteiger partial charge on any atom is 0.191 e. The first-order valence-electron chi connectivity index (χ1n) is 11.4. The van der Waals surface area contributed by atoms with E-state index >= 15 is 0 Å². The number of morpholine rings is 1. The number of rotatable bonds is 6. The Balaban J connectivity index is 0.00000256. The lowest BCUT2D eigenvalue weighted by atomic mass is 10.2. The van der Waals surface area contributed by atoms with Gasteiger partial charge < -0.3 is 15.4 Å². The maximum atomic E-state index is 6.08. The molecule has 0 aromatic heterocycles. The summed E-state index contributed by atoms with van der Waals surface area (Å²) < 4.78 is 6.08. The van der Waals surface area contributed by atoms with Crippen LogP contribution in [-0.4, -0.2) is 79.3 Å². The molecule has 0 radical (unpaired) electrons. The molecule has 6 nitrogen and oxygen atoms in total. The zero-order valence-corrected chi connectivity index (χ0v) is 20.8. The molecule has 2 N–H and O–H groups in total. The van der Waals surface area contributed by atoms with Crippen molar-refractivity contribution >= 4 is 29.9 Å². The standard InChI is InChI=1S/C23H37N5O.HI/c1-3-24-23(25-13-22-16-27-11-7-10-21(27)17-29-22)26-20-12-18(2)28(15-20)14-19-8-5-4-6-9-19;/h4-6,8-9,18,20-22H,3,7,10-17H2,1-2H3,(H2,24,25,26);1H. The Bertz CT molecular complexity index is 673. The molecule has 3 fully saturated rings. The number of halogens is 1. The third-order valence-corrected chi connectivity index (χ3v) is 6.53. The van der Waals surface area contributed by atoms with Crippen LogP contribution in [0.3, 0.4) is 0 Å². The molecule has 0 bridgehead atoms. The largest absolute Gasteiger partial charge is 0.373 e. The molecular formula is C23H38IN5O. The molecule has 4 rings (SSSR count). The third-order valence-electron chi connectivity index (χ3n) is 6.53. The van der Waals surface area contributed by atoms with E-state index in [1.165, 1.54) is 24.9 Å². The van der Waals surface area contributed by atoms with Crippen molar-refractivity contribution in [2.45, 2.75) is 63.9 Å². The van der Waals surface area contributed by atoms with Gasteiger partial charge in [0.1, 0.15) is 0 Å². The molecule has 1 aromatic rings. The van der Waals surface area contributed by atoms with Crippen molar-refractivity contribution in [3.05, 3.63) is 35.9 Å². The lowest BCUT2D eigenvalue weighted by Crippen LogP contribution is -2.48. The van der Waals surface area contributed by atoms with Crippen LogP contribution in [0, 0.1) is 0 Å². The summed E-state index contributed by atoms with van der Waals surface area (Å²) in [5.74, 6) is 0.929. The minimum absolute atomic E-state index is 0. The van der Waals surface area contributed by atoms with Gasteiger partial charge in [-0.15, -0.1) is 24.0 Å². The second-order valence-electron chi connectivity index (χ2n) is 8.81. The van der Waals surface area contributed by atoms with Crippen molar-refractivity contribution in [2.24, 2.45) is 4.99 Å². The Morgan fingerprint density at radius 1 is 1.23 bits per heavy atom. The highest BCUT2D eigenvalue weighted by Gasteiger charge is 2.32. The molecule has 3 aliphatic heterocycles. The second kappa shape index (κ2) is 11.6. The van der Waals surface area contributed by atoms with Crippen molar-refractivity contribution in [1.82, 2.24) is 20.4 Å². The highest BCUT2D eigenvalue weighted by atomic mass is 127. The van der Waals surface area contributed by atoms with Gasteiger partial charge >= 0.3 is 0 Å². The molecule has 0 spiro atoms. The SMILES string of the molecule is CCNC(=NCC1CN2CCCC2CO1)NC1CC(C)N(Cc2ccccc2)C1.I. The third kappa shape index (κ3) is 6.31. The summed E-state index contributed by atoms with van der Waals surface area (Å²) in [6, 6.07) is 12.4. The number of hydrogen-bond donors (Lipinski definition) is 2. The zero-order chi connectivity index (χ0) is 20.1. The van der Waals surface area contributed by atoms with E-state index < -0.39 is 0 Å². The first kappa shape index (κ1) is 23.8. The van der Waals surface area contributed by atoms with Crippen molar-refractivity contribution < 1.29 is 4.74 Å². The molecule has 7 heteroatoms. The summed E-state index contributed by atoms with van der Waals surface area (Å²) in [4.78, 5) is 10.0. The topological polar surface area (TPSA) is 52.1 Å². The highest BCUT2D eigenvalue weighted by Crippen LogP contribution is 2.23. The Labute approximate surface area is 198 Å². The van der Waals surface area contributed by atoms with Gasteiger partial charge in [-0.25, -0.2) is 0 Å². The van der Waals surface area contributed by atoms with E-state index in [4.69, 9.17) is 9.73 Å². The normalized spacial score (nSPS) is 30.0. The van der Waals surface area contributed by atoms with Crippen molar-refractivity contribution in [2.75, 3.05) is 39.3 Å². The monoisotopic (exact) mass is 527 g/mol. The van der Waals surface area contributed by atoms with Gasteiger partial charge in [0.15, 0.2) is 5.96 Å². The Morgan fingerprint density at radius 2 is 2.07 bits per heavy atom. The van der Waals surface area contributed by atoms with E-state index in [0.29, 0.717) is 18.1 Å². The minimum Gasteiger partial charge on any atom is -0.373 e. The average molecular weight is 527 g/mol. The molecule has 4 unspecified atom stereocenters. The van der Waals surface area contributed by atoms with Crippen molar-refractivity contribution in [1.29, 1.82) is 0 Å². The number of nitrogens with zero attached hydrogens (tertiary/aromatic N) is 3. The molecule has 30 heavy (non-hydrogen) atoms. The molecule has 0 aliphatic carbocycles. The van der Waals surface area contributed by atoms with E-state index in [2.05, 4.69) is 64.6 Å². The van der Waals surface area contributed by atoms with Gasteiger partial charge in [-0.2, -0.15) is 0 Å². The predicted molar refractivity (Wildman–Crippen MR) is 134 cm³/mol. The predicted octanol–water partition coefficient (Wildman–Crippen LogP) is 2.69. The van der Waals surface area contributed by atoms with Crippen LogP contribution in [0.25, 0.3) is 0 Å². The van der Waals surface area contributed by atoms with Crippen LogP contribution in [-0.2, 0) is 11.3 Å². The van der Waals surface area contributed by atoms with Gasteiger partial charge in [-0.3, -0.25) is 14.8 Å². The fourth-order valence-corrected chi connectivity index (χ4v) is 4.94. The Kier molecular flexibility index (Phi) is 9.22. The van der Waals surface area contributed by atoms with E-state index in [0.717, 1.165) is 51.7 Å². The number of ether oxygens (including phenoxy) is 1. The van der Waals surface area contributed by atoms with Gasteiger partial charge in [0, 0.05) is 44.3 Å². The molecule has 3 saturated heterocycles. The Morgan fingerprint density at radius 3 is 2.87 bits per heavy atom. The van der Waals surface area contributed by atoms with E-state index in [1.54, 1.807) is 0 Å². The van der Waals surface area contributed by atoms with Crippen LogP contribution >= 0.6 is 24.0 Å². The van der Waals surface area contributed by atoms with Gasteiger partial charge in [0.25, 0.3) is 0 Å². The second-order valence-corrected chi connectivity index (χ2v) is 8.81. The zero-order valence-electron chi connectivity index (χ0n) is 18.4. The lowest BCUT2D eigenvalue weighted by Gasteiger charge is -2.34. The molecule has 0 amide bonds. The van der Waals surface area contributed by atoms with Crippen LogP contribution in [0.15, 0.2) is 35.3 Å². The smallest absolute Gasteiger partial charge is 0.191 e. The van der Waals surface area contributed by atoms with Gasteiger partial charge in [-0.1, -0.05) is 30.3 Å². The van der Waals surface area contributed by atoms with Crippen molar-refractivity contribution in [3.8, 4) is 0 Å². The fraction of sp³-hybridized carbons (Fsp3) is 0.696. The van der Waals surface area contributed by atoms with E-state index in [9.17, 15) is 0 Å². The summed E-state index contributed by atoms with van der Waals surface area (Å²) >= 11 is 0. The van der Waals surface area contributed by atoms with Crippen LogP contribution in [0.1, 0.15) is 38.7 Å². The number of likely N-dealkylation sites (tertiary alicyclic amines) is 1. The summed E-state index contributed by atoms with van der Waals surface area (Å²) in [7, 11) is 0. The quantitative estimate of drug-likeness (QED) is 0.339. The minimum atomic E-state index is 0. The summed E-state index contributed by atoms with van der Waals surface area (Å²) in [5, 5.41) is 7.10. The first-order valence-corrected chi connectivity index (χ1v) is 11.4. The van der Waals surface area contributed by atoms with Crippen molar-refractivity contribution in [3.63, 3.8) is 0 Å². The van der Waals surface area contributed by atoms with Gasteiger partial charge in [-0.05, 0) is 45.2 Å². The van der Waals surface area contributed by atoms with Crippen LogP contribution < -0.4 is 10.6 Å². The van der Waals surface area contributed by atoms with Crippen LogP contribution in [0.5, 0.6) is 0 Å². The number of guanidine groups is 1. The number of benzene rings is 1. The highest BCUT2D eigenvalue weighted by molar-refractivity contribution is 14.0. The van der Waals surface area contributed by atoms with Gasteiger partial charge in [0.05, 0.1) is 19.3 Å². The Hall–Kier alpha value is -0.900. The number of nitrogens with one attached hydrogen (secondary N) is 2. The number of hydrogen-bond acceptors (Lipinski definition) is 4. The number of fused-ring (bicyclic) bond motifs is 1. The molecule has 1 aromatic carbocycles. The number of aliphatic imine (C=N–C) groups is 1. The van der Waals surface area contributed by atoms with E-state index in [1.807, 2.05) is 0 Å². The van der Waals surface area contributed by atoms with Crippen LogP contribution in [0.2, 0.25) is 0 Å². The van der Waals surface area contributed by atoms with Gasteiger partial charge in [0.2, 0.25) is 0 Å². The fourth-order valence-electron chi connectivity index (χ4n) is 4.94. The molecule has 168 valence electrons. The van der Waals surface area contributed by atoms with E-state index in [-0.39, 0.29) is 30.1 Å². The average Bonchev–Trinajstić information content (AvgIpc) is 3.33. The molecule has 3 heterocycles. The van der Waals surface area contributed by atoms with Crippen LogP contribution in [0.4, 0.5) is 0 Å². The summed E-state index contributed by atoms with van der Waals surface area (Å²) in [6.45, 7) is 11.3.